The number of anilines is 1. The van der Waals surface area contributed by atoms with E-state index in [4.69, 9.17) is 4.74 Å². The van der Waals surface area contributed by atoms with Gasteiger partial charge < -0.3 is 15.0 Å². The molecule has 0 saturated carbocycles. The normalized spacial score (nSPS) is 18.4. The Kier molecular flexibility index (Phi) is 17.8. The van der Waals surface area contributed by atoms with E-state index in [-0.39, 0.29) is 73.0 Å². The SMILES string of the molecule is COCCN1/C(=C/C=C/C=C/C=C/C2=[N+](CCCCCC(=O)NCCN3C(=O)C=CC3=O)c3ccc4c(S(=O)(=O)O)cc(S(=O)(=O)O)cc4c3C2(C)C)C(C)(CCCS(=O)(=O)O)c2c1ccc1c(S(=O)(=O)O)cc(S(=O)(=O)O)cc21. The molecule has 0 spiro atoms. The molecule has 3 aliphatic heterocycles. The molecule has 80 heavy (non-hydrogen) atoms. The summed E-state index contributed by atoms with van der Waals surface area (Å²) in [6.45, 7) is 6.15. The molecule has 0 saturated heterocycles. The van der Waals surface area contributed by atoms with Crippen molar-refractivity contribution < 1.29 is 88.5 Å². The van der Waals surface area contributed by atoms with Crippen molar-refractivity contribution in [2.24, 2.45) is 0 Å². The average molecular weight is 1200 g/mol. The topological polar surface area (TPSA) is 354 Å². The van der Waals surface area contributed by atoms with Gasteiger partial charge >= 0.3 is 0 Å². The van der Waals surface area contributed by atoms with Crippen LogP contribution in [0.4, 0.5) is 11.4 Å². The lowest BCUT2D eigenvalue weighted by atomic mass is 9.75. The third-order valence-corrected chi connectivity index (χ3v) is 18.4. The van der Waals surface area contributed by atoms with E-state index in [9.17, 15) is 79.2 Å². The van der Waals surface area contributed by atoms with Crippen LogP contribution >= 0.6 is 0 Å². The third kappa shape index (κ3) is 13.2. The Morgan fingerprint density at radius 3 is 1.77 bits per heavy atom. The second-order valence-corrected chi connectivity index (χ2v) is 27.1. The molecule has 6 N–H and O–H groups in total. The predicted octanol–water partition coefficient (Wildman–Crippen LogP) is 5.60. The van der Waals surface area contributed by atoms with Crippen molar-refractivity contribution in [3.8, 4) is 0 Å². The number of allylic oxidation sites excluding steroid dienone is 8. The molecular formula is C52H59N4O19S5+. The van der Waals surface area contributed by atoms with E-state index >= 15 is 0 Å². The number of hydrogen-bond acceptors (Lipinski definition) is 15. The molecule has 0 radical (unpaired) electrons. The summed E-state index contributed by atoms with van der Waals surface area (Å²) in [7, 11) is -23.1. The molecule has 3 heterocycles. The first-order valence-electron chi connectivity index (χ1n) is 24.7. The van der Waals surface area contributed by atoms with Gasteiger partial charge in [-0.05, 0) is 105 Å². The van der Waals surface area contributed by atoms with Crippen LogP contribution in [0.5, 0.6) is 0 Å². The highest BCUT2D eigenvalue weighted by molar-refractivity contribution is 7.87. The molecule has 1 unspecified atom stereocenters. The van der Waals surface area contributed by atoms with Crippen LogP contribution in [0.3, 0.4) is 0 Å². The third-order valence-electron chi connectivity index (χ3n) is 14.2. The Morgan fingerprint density at radius 2 is 1.21 bits per heavy atom. The zero-order valence-corrected chi connectivity index (χ0v) is 47.7. The van der Waals surface area contributed by atoms with Crippen molar-refractivity contribution in [1.29, 1.82) is 0 Å². The molecule has 7 rings (SSSR count). The van der Waals surface area contributed by atoms with E-state index < -0.39 is 98.6 Å². The van der Waals surface area contributed by atoms with Gasteiger partial charge in [0.05, 0.1) is 27.6 Å². The van der Waals surface area contributed by atoms with Crippen LogP contribution in [0, 0.1) is 0 Å². The highest BCUT2D eigenvalue weighted by Gasteiger charge is 2.47. The van der Waals surface area contributed by atoms with Gasteiger partial charge in [-0.1, -0.05) is 36.4 Å². The molecule has 1 atom stereocenters. The van der Waals surface area contributed by atoms with E-state index in [1.165, 1.54) is 19.2 Å². The molecule has 4 aromatic carbocycles. The molecule has 4 aromatic rings. The summed E-state index contributed by atoms with van der Waals surface area (Å²) in [5, 5.41) is 2.76. The number of benzene rings is 4. The van der Waals surface area contributed by atoms with Crippen molar-refractivity contribution in [1.82, 2.24) is 10.2 Å². The molecular weight excluding hydrogens is 1140 g/mol. The quantitative estimate of drug-likeness (QED) is 0.0163. The Morgan fingerprint density at radius 1 is 0.650 bits per heavy atom. The summed E-state index contributed by atoms with van der Waals surface area (Å²) >= 11 is 0. The number of amides is 3. The smallest absolute Gasteiger partial charge is 0.295 e. The largest absolute Gasteiger partial charge is 0.383 e. The van der Waals surface area contributed by atoms with Crippen LogP contribution in [-0.4, -0.2) is 143 Å². The first kappa shape index (κ1) is 61.3. The van der Waals surface area contributed by atoms with Crippen molar-refractivity contribution in [3.63, 3.8) is 0 Å². The zero-order valence-electron chi connectivity index (χ0n) is 43.6. The number of imide groups is 1. The van der Waals surface area contributed by atoms with Gasteiger partial charge in [0.2, 0.25) is 11.6 Å². The van der Waals surface area contributed by atoms with E-state index in [1.54, 1.807) is 61.6 Å². The Hall–Kier alpha value is -6.31. The highest BCUT2D eigenvalue weighted by atomic mass is 32.2. The fourth-order valence-electron chi connectivity index (χ4n) is 10.7. The molecule has 430 valence electrons. The average Bonchev–Trinajstić information content (AvgIpc) is 3.62. The van der Waals surface area contributed by atoms with Crippen molar-refractivity contribution >= 4 is 107 Å². The van der Waals surface area contributed by atoms with Gasteiger partial charge in [0, 0.05) is 97.0 Å². The van der Waals surface area contributed by atoms with Crippen molar-refractivity contribution in [3.05, 3.63) is 120 Å². The standard InChI is InChI=1S/C52H58N4O19S5/c1-51(2)44(54(25-12-8-11-16-46(57)53-24-26-56-47(58)21-22-48(56)59)40-19-17-36-38(49(40)51)30-34(77(63,64)65)32-42(36)79(69,70)71)14-9-6-5-7-10-15-45-52(3,23-13-29-76(60,61)62)50-39-31-35(78(66,67)68)33-43(80(72,73)74)37(39)18-20-41(50)55(45)27-28-75-4/h5-7,9-10,14-15,17-22,30-33H,8,11-13,16,23-29H2,1-4H3,(H5-,53,57,60,61,62,63,64,65,66,67,68,69,70,71,72,73,74)/p+1. The van der Waals surface area contributed by atoms with Crippen molar-refractivity contribution in [2.45, 2.75) is 89.7 Å². The summed E-state index contributed by atoms with van der Waals surface area (Å²) < 4.78 is 182. The fourth-order valence-corrected chi connectivity index (χ4v) is 13.8. The van der Waals surface area contributed by atoms with Gasteiger partial charge in [-0.3, -0.25) is 42.0 Å². The maximum Gasteiger partial charge on any atom is 0.295 e. The minimum atomic E-state index is -5.09. The molecule has 0 aromatic heterocycles. The lowest BCUT2D eigenvalue weighted by molar-refractivity contribution is -0.438. The van der Waals surface area contributed by atoms with Crippen LogP contribution < -0.4 is 10.2 Å². The summed E-state index contributed by atoms with van der Waals surface area (Å²) in [5.41, 5.74) is 0.753. The molecule has 28 heteroatoms. The minimum absolute atomic E-state index is 0.00337. The van der Waals surface area contributed by atoms with E-state index in [0.29, 0.717) is 71.9 Å². The van der Waals surface area contributed by atoms with Gasteiger partial charge in [0.25, 0.3) is 62.4 Å². The van der Waals surface area contributed by atoms with Gasteiger partial charge in [-0.2, -0.15) is 46.7 Å². The monoisotopic (exact) mass is 1200 g/mol. The van der Waals surface area contributed by atoms with Crippen LogP contribution in [0.15, 0.2) is 128 Å². The molecule has 0 bridgehead atoms. The number of methoxy groups -OCH3 is 1. The van der Waals surface area contributed by atoms with Crippen LogP contribution in [0.1, 0.15) is 70.4 Å². The number of unbranched alkanes of at least 4 members (excludes halogenated alkanes) is 2. The maximum atomic E-state index is 12.7. The lowest BCUT2D eigenvalue weighted by Crippen LogP contribution is -2.38. The Balaban J connectivity index is 1.23. The van der Waals surface area contributed by atoms with Crippen molar-refractivity contribution in [2.75, 3.05) is 50.5 Å². The first-order valence-corrected chi connectivity index (χ1v) is 32.1. The molecule has 0 fully saturated rings. The van der Waals surface area contributed by atoms with E-state index in [0.717, 1.165) is 29.2 Å². The number of hydrogen-bond donors (Lipinski definition) is 6. The molecule has 23 nitrogen and oxygen atoms in total. The molecule has 3 aliphatic rings. The molecule has 0 aliphatic carbocycles. The van der Waals surface area contributed by atoms with Gasteiger partial charge in [0.1, 0.15) is 16.3 Å². The number of nitrogens with zero attached hydrogens (tertiary/aromatic N) is 3. The number of carbonyl (C=O) groups is 3. The fraction of sp³-hybridized carbons (Fsp3) is 0.346. The second-order valence-electron chi connectivity index (χ2n) is 19.9. The van der Waals surface area contributed by atoms with Crippen LogP contribution in [0.2, 0.25) is 0 Å². The summed E-state index contributed by atoms with van der Waals surface area (Å²) in [4.78, 5) is 36.1. The van der Waals surface area contributed by atoms with E-state index in [1.807, 2.05) is 23.3 Å². The number of rotatable bonds is 24. The van der Waals surface area contributed by atoms with Gasteiger partial charge in [-0.15, -0.1) is 0 Å². The maximum absolute atomic E-state index is 12.7. The minimum Gasteiger partial charge on any atom is -0.383 e. The predicted molar refractivity (Wildman–Crippen MR) is 295 cm³/mol. The molecule has 3 amide bonds. The number of fused-ring (bicyclic) bond motifs is 6. The van der Waals surface area contributed by atoms with Crippen LogP contribution in [-0.2, 0) is 80.5 Å². The second kappa shape index (κ2) is 23.3. The number of ether oxygens (including phenoxy) is 1. The Bertz CT molecular complexity index is 4000. The summed E-state index contributed by atoms with van der Waals surface area (Å²) in [6, 6.07) is 9.51. The zero-order chi connectivity index (χ0) is 59.0. The lowest BCUT2D eigenvalue weighted by Gasteiger charge is -2.30. The number of nitrogens with one attached hydrogen (secondary N) is 1. The number of carbonyl (C=O) groups excluding carboxylic acids is 3. The summed E-state index contributed by atoms with van der Waals surface area (Å²) in [5.74, 6) is -1.87. The highest BCUT2D eigenvalue weighted by Crippen LogP contribution is 2.54. The van der Waals surface area contributed by atoms with Crippen LogP contribution in [0.25, 0.3) is 21.5 Å². The first-order chi connectivity index (χ1) is 37.2. The van der Waals surface area contributed by atoms with E-state index in [2.05, 4.69) is 5.32 Å². The summed E-state index contributed by atoms with van der Waals surface area (Å²) in [6.07, 6.45) is 15.8. The van der Waals surface area contributed by atoms with Gasteiger partial charge in [0.15, 0.2) is 5.71 Å². The van der Waals surface area contributed by atoms with Gasteiger partial charge in [-0.25, -0.2) is 0 Å². The Labute approximate surface area is 463 Å².